The molecule has 12 rings (SSSR count). The number of ether oxygens (including phenoxy) is 1. The Hall–Kier alpha value is -6.92. The molecule has 1 aliphatic heterocycles. The van der Waals surface area contributed by atoms with Crippen molar-refractivity contribution in [2.24, 2.45) is 0 Å². The molecule has 0 N–H and O–H groups in total. The lowest BCUT2D eigenvalue weighted by Gasteiger charge is -2.21. The fourth-order valence-corrected chi connectivity index (χ4v) is 8.17. The van der Waals surface area contributed by atoms with E-state index in [1.54, 1.807) is 0 Å². The highest BCUT2D eigenvalue weighted by Crippen LogP contribution is 2.46. The highest BCUT2D eigenvalue weighted by Gasteiger charge is 2.25. The van der Waals surface area contributed by atoms with E-state index in [-0.39, 0.29) is 0 Å². The Labute approximate surface area is 284 Å². The molecule has 0 unspecified atom stereocenters. The van der Waals surface area contributed by atoms with Crippen LogP contribution in [0.2, 0.25) is 0 Å². The van der Waals surface area contributed by atoms with E-state index >= 15 is 0 Å². The minimum atomic E-state index is 0.626. The van der Waals surface area contributed by atoms with Gasteiger partial charge in [-0.3, -0.25) is 4.57 Å². The molecule has 5 heterocycles. The maximum atomic E-state index is 6.30. The summed E-state index contributed by atoms with van der Waals surface area (Å²) >= 11 is 0. The van der Waals surface area contributed by atoms with Crippen molar-refractivity contribution in [3.8, 4) is 34.4 Å². The summed E-state index contributed by atoms with van der Waals surface area (Å²) in [5, 5.41) is 7.85. The Bertz CT molecular complexity index is 3250. The van der Waals surface area contributed by atoms with Gasteiger partial charge in [0.05, 0.1) is 38.7 Å². The Morgan fingerprint density at radius 3 is 1.98 bits per heavy atom. The molecule has 11 aromatic rings. The van der Waals surface area contributed by atoms with Gasteiger partial charge < -0.3 is 13.7 Å². The molecule has 4 aromatic heterocycles. The number of hydrogen-bond donors (Lipinski definition) is 0. The minimum Gasteiger partial charge on any atom is -0.456 e. The maximum Gasteiger partial charge on any atom is 0.235 e. The van der Waals surface area contributed by atoms with Crippen LogP contribution in [0.5, 0.6) is 11.5 Å². The number of furan rings is 1. The van der Waals surface area contributed by atoms with Crippen LogP contribution in [0.1, 0.15) is 0 Å². The van der Waals surface area contributed by atoms with Crippen LogP contribution in [0, 0.1) is 0 Å². The van der Waals surface area contributed by atoms with E-state index in [2.05, 4.69) is 106 Å². The normalized spacial score (nSPS) is 12.6. The number of benzene rings is 7. The zero-order valence-electron chi connectivity index (χ0n) is 26.5. The zero-order chi connectivity index (χ0) is 32.5. The number of nitrogens with zero attached hydrogens (tertiary/aromatic N) is 4. The summed E-state index contributed by atoms with van der Waals surface area (Å²) in [5.74, 6) is 2.20. The lowest BCUT2D eigenvalue weighted by Crippen LogP contribution is -2.06. The van der Waals surface area contributed by atoms with Crippen molar-refractivity contribution in [2.45, 2.75) is 0 Å². The molecule has 0 spiro atoms. The third-order valence-electron chi connectivity index (χ3n) is 10.3. The average Bonchev–Trinajstić information content (AvgIpc) is 3.81. The van der Waals surface area contributed by atoms with E-state index in [0.717, 1.165) is 94.1 Å². The summed E-state index contributed by atoms with van der Waals surface area (Å²) in [6, 6.07) is 50.8. The van der Waals surface area contributed by atoms with Crippen molar-refractivity contribution >= 4 is 76.5 Å². The summed E-state index contributed by atoms with van der Waals surface area (Å²) in [6.45, 7) is 0. The zero-order valence-corrected chi connectivity index (χ0v) is 26.5. The molecule has 232 valence electrons. The first-order valence-corrected chi connectivity index (χ1v) is 16.7. The van der Waals surface area contributed by atoms with Gasteiger partial charge in [0, 0.05) is 43.6 Å². The fourth-order valence-electron chi connectivity index (χ4n) is 8.17. The Balaban J connectivity index is 1.20. The van der Waals surface area contributed by atoms with Gasteiger partial charge in [-0.1, -0.05) is 72.8 Å². The van der Waals surface area contributed by atoms with Crippen LogP contribution in [-0.2, 0) is 0 Å². The molecule has 6 nitrogen and oxygen atoms in total. The van der Waals surface area contributed by atoms with Crippen LogP contribution in [0.4, 0.5) is 0 Å². The van der Waals surface area contributed by atoms with Crippen LogP contribution in [0.3, 0.4) is 0 Å². The molecule has 0 saturated carbocycles. The van der Waals surface area contributed by atoms with Gasteiger partial charge >= 0.3 is 0 Å². The van der Waals surface area contributed by atoms with Crippen LogP contribution < -0.4 is 4.74 Å². The van der Waals surface area contributed by atoms with Gasteiger partial charge in [0.15, 0.2) is 0 Å². The number of aromatic nitrogens is 4. The van der Waals surface area contributed by atoms with E-state index in [4.69, 9.17) is 19.1 Å². The lowest BCUT2D eigenvalue weighted by molar-refractivity contribution is 0.486. The Kier molecular flexibility index (Phi) is 4.89. The average molecular weight is 641 g/mol. The molecule has 0 saturated heterocycles. The van der Waals surface area contributed by atoms with Gasteiger partial charge in [-0.2, -0.15) is 0 Å². The van der Waals surface area contributed by atoms with Crippen molar-refractivity contribution in [3.63, 3.8) is 0 Å². The first kappa shape index (κ1) is 26.1. The van der Waals surface area contributed by atoms with Crippen molar-refractivity contribution in [3.05, 3.63) is 146 Å². The third-order valence-corrected chi connectivity index (χ3v) is 10.3. The molecule has 0 aliphatic carbocycles. The summed E-state index contributed by atoms with van der Waals surface area (Å²) in [4.78, 5) is 10.5. The lowest BCUT2D eigenvalue weighted by atomic mass is 10.0. The fraction of sp³-hybridized carbons (Fsp3) is 0. The van der Waals surface area contributed by atoms with Gasteiger partial charge in [0.1, 0.15) is 22.7 Å². The smallest absolute Gasteiger partial charge is 0.235 e. The minimum absolute atomic E-state index is 0.626. The molecule has 0 fully saturated rings. The van der Waals surface area contributed by atoms with Crippen molar-refractivity contribution < 1.29 is 9.15 Å². The summed E-state index contributed by atoms with van der Waals surface area (Å²) < 4.78 is 17.1. The molecule has 0 bridgehead atoms. The Morgan fingerprint density at radius 1 is 0.440 bits per heavy atom. The number of hydrogen-bond acceptors (Lipinski definition) is 4. The summed E-state index contributed by atoms with van der Waals surface area (Å²) in [5.41, 5.74) is 9.89. The van der Waals surface area contributed by atoms with Gasteiger partial charge in [-0.25, -0.2) is 9.97 Å². The summed E-state index contributed by atoms with van der Waals surface area (Å²) in [7, 11) is 0. The van der Waals surface area contributed by atoms with Crippen LogP contribution >= 0.6 is 0 Å². The third kappa shape index (κ3) is 3.36. The molecule has 50 heavy (non-hydrogen) atoms. The molecular formula is C44H24N4O2. The molecule has 7 aromatic carbocycles. The van der Waals surface area contributed by atoms with Crippen LogP contribution in [-0.4, -0.2) is 19.1 Å². The van der Waals surface area contributed by atoms with Gasteiger partial charge in [0.25, 0.3) is 0 Å². The second-order valence-electron chi connectivity index (χ2n) is 13.0. The largest absolute Gasteiger partial charge is 0.456 e. The second kappa shape index (κ2) is 9.36. The van der Waals surface area contributed by atoms with Crippen LogP contribution in [0.15, 0.2) is 150 Å². The van der Waals surface area contributed by atoms with Gasteiger partial charge in [-0.15, -0.1) is 0 Å². The van der Waals surface area contributed by atoms with E-state index < -0.39 is 0 Å². The number of para-hydroxylation sites is 4. The molecule has 0 amide bonds. The van der Waals surface area contributed by atoms with E-state index in [1.165, 1.54) is 10.8 Å². The topological polar surface area (TPSA) is 58.0 Å². The van der Waals surface area contributed by atoms with Crippen molar-refractivity contribution in [1.29, 1.82) is 0 Å². The number of fused-ring (bicyclic) bond motifs is 11. The van der Waals surface area contributed by atoms with Crippen molar-refractivity contribution in [2.75, 3.05) is 0 Å². The quantitative estimate of drug-likeness (QED) is 0.189. The predicted molar refractivity (Wildman–Crippen MR) is 201 cm³/mol. The Morgan fingerprint density at radius 2 is 1.12 bits per heavy atom. The first-order valence-electron chi connectivity index (χ1n) is 16.7. The molecular weight excluding hydrogens is 617 g/mol. The van der Waals surface area contributed by atoms with Gasteiger partial charge in [-0.05, 0) is 72.8 Å². The molecule has 6 heteroatoms. The molecule has 1 aliphatic rings. The van der Waals surface area contributed by atoms with E-state index in [0.29, 0.717) is 5.95 Å². The van der Waals surface area contributed by atoms with Gasteiger partial charge in [0.2, 0.25) is 5.95 Å². The molecule has 0 radical (unpaired) electrons. The highest BCUT2D eigenvalue weighted by molar-refractivity contribution is 6.19. The first-order chi connectivity index (χ1) is 24.8. The predicted octanol–water partition coefficient (Wildman–Crippen LogP) is 11.5. The monoisotopic (exact) mass is 640 g/mol. The second-order valence-corrected chi connectivity index (χ2v) is 13.0. The maximum absolute atomic E-state index is 6.30. The number of rotatable bonds is 2. The molecule has 0 atom stereocenters. The SMILES string of the molecule is c1ccc2c(c1)Oc1cccc3nc(-n4c5ccccc5c5cc6c7ccccc7n(-c7ccc8oc9ccccc9c8c7)c6cc54)nc-2c13. The van der Waals surface area contributed by atoms with Crippen molar-refractivity contribution in [1.82, 2.24) is 19.1 Å². The van der Waals surface area contributed by atoms with E-state index in [9.17, 15) is 0 Å². The standard InChI is InChI=1S/C44H24N4O2/c1-5-15-34-26(10-1)30-23-31-27-11-2-6-16-35(27)48(44-45-33-14-9-19-41-42(33)43(46-44)29-13-4-8-18-39(29)50-41)37(31)24-36(30)47(34)25-20-21-40-32(22-25)28-12-3-7-17-38(28)49-40/h1-24H. The van der Waals surface area contributed by atoms with Crippen LogP contribution in [0.25, 0.3) is 99.3 Å². The highest BCUT2D eigenvalue weighted by atomic mass is 16.5. The summed E-state index contributed by atoms with van der Waals surface area (Å²) in [6.07, 6.45) is 0. The van der Waals surface area contributed by atoms with E-state index in [1.807, 2.05) is 48.5 Å².